The Morgan fingerprint density at radius 2 is 1.63 bits per heavy atom. The Labute approximate surface area is 188 Å². The lowest BCUT2D eigenvalue weighted by atomic mass is 9.26. The minimum Gasteiger partial charge on any atom is -0.438 e. The summed E-state index contributed by atoms with van der Waals surface area (Å²) in [7, 11) is 0. The molecule has 1 heteroatoms. The van der Waals surface area contributed by atoms with Crippen LogP contribution < -0.4 is 0 Å². The van der Waals surface area contributed by atoms with E-state index in [1.165, 1.54) is 37.7 Å². The summed E-state index contributed by atoms with van der Waals surface area (Å²) in [6.45, 7) is 31.9. The smallest absolute Gasteiger partial charge is 0.179 e. The van der Waals surface area contributed by atoms with Crippen LogP contribution in [0.25, 0.3) is 0 Å². The molecule has 7 atom stereocenters. The molecule has 30 heavy (non-hydrogen) atoms. The predicted octanol–water partition coefficient (Wildman–Crippen LogP) is 8.09. The minimum atomic E-state index is -0.549. The molecule has 0 bridgehead atoms. The number of hydrogen-bond acceptors (Lipinski definition) is 0. The number of hydrogen-bond donors (Lipinski definition) is 0. The third-order valence-corrected chi connectivity index (χ3v) is 11.0. The first-order valence-electron chi connectivity index (χ1n) is 12.5. The zero-order valence-electron chi connectivity index (χ0n) is 21.5. The summed E-state index contributed by atoms with van der Waals surface area (Å²) in [5.41, 5.74) is 1.88. The Morgan fingerprint density at radius 3 is 2.03 bits per heavy atom. The average molecular weight is 416 g/mol. The molecule has 2 N–H and O–H groups in total. The lowest BCUT2D eigenvalue weighted by Gasteiger charge is -2.78. The maximum atomic E-state index is 8.62. The molecule has 0 amide bonds. The van der Waals surface area contributed by atoms with Crippen molar-refractivity contribution >= 4 is 0 Å². The summed E-state index contributed by atoms with van der Waals surface area (Å²) in [6, 6.07) is 0. The van der Waals surface area contributed by atoms with E-state index in [1.807, 2.05) is 13.0 Å². The van der Waals surface area contributed by atoms with Gasteiger partial charge < -0.3 is 5.11 Å². The van der Waals surface area contributed by atoms with Crippen molar-refractivity contribution in [1.82, 2.24) is 0 Å². The average Bonchev–Trinajstić information content (AvgIpc) is 2.71. The van der Waals surface area contributed by atoms with Gasteiger partial charge in [-0.3, -0.25) is 0 Å². The molecule has 7 unspecified atom stereocenters. The van der Waals surface area contributed by atoms with Crippen LogP contribution in [0.2, 0.25) is 0 Å². The van der Waals surface area contributed by atoms with Gasteiger partial charge in [-0.25, -0.2) is 0 Å². The maximum absolute atomic E-state index is 8.62. The van der Waals surface area contributed by atoms with Crippen LogP contribution >= 0.6 is 0 Å². The third kappa shape index (κ3) is 3.39. The largest absolute Gasteiger partial charge is 0.438 e. The second kappa shape index (κ2) is 8.27. The highest BCUT2D eigenvalue weighted by atomic mass is 16.3. The molecule has 0 spiro atoms. The fourth-order valence-electron chi connectivity index (χ4n) is 8.17. The van der Waals surface area contributed by atoms with Crippen LogP contribution in [0.15, 0.2) is 37.5 Å². The summed E-state index contributed by atoms with van der Waals surface area (Å²) in [5, 5.41) is 8.62. The highest BCUT2D eigenvalue weighted by Gasteiger charge is 2.74. The lowest BCUT2D eigenvalue weighted by Crippen LogP contribution is -2.72. The van der Waals surface area contributed by atoms with Crippen LogP contribution in [0.5, 0.6) is 0 Å². The van der Waals surface area contributed by atoms with Crippen LogP contribution in [0.4, 0.5) is 0 Å². The van der Waals surface area contributed by atoms with Crippen LogP contribution in [0, 0.1) is 39.4 Å². The molecule has 0 aromatic heterocycles. The maximum Gasteiger partial charge on any atom is 0.179 e. The van der Waals surface area contributed by atoms with Gasteiger partial charge >= 0.3 is 0 Å². The van der Waals surface area contributed by atoms with Crippen molar-refractivity contribution in [1.29, 1.82) is 0 Å². The molecule has 172 valence electrons. The highest BCUT2D eigenvalue weighted by Crippen LogP contribution is 2.80. The van der Waals surface area contributed by atoms with Crippen LogP contribution in [0.1, 0.15) is 100 Å². The monoisotopic (exact) mass is 415 g/mol. The van der Waals surface area contributed by atoms with E-state index in [4.69, 9.17) is 5.11 Å². The van der Waals surface area contributed by atoms with Crippen LogP contribution in [-0.4, -0.2) is 10.7 Å². The topological polar surface area (TPSA) is 22.9 Å². The molecular weight excluding hydrogens is 364 g/mol. The standard InChI is InChI=1S/C29H50O/c1-12-26(9,30)18-17-23-22(21(6)7)19-25(8)20-24(29(14-3,15-4)16-5)28(25,11)27(23,10)13-2/h12,14,22-24,30H,1,3,6,13,15-20H2,2,4-5,7-11H3/p+1. The summed E-state index contributed by atoms with van der Waals surface area (Å²) in [6.07, 6.45) is 12.2. The molecule has 0 heterocycles. The Balaban J connectivity index is 2.60. The van der Waals surface area contributed by atoms with E-state index in [1.54, 1.807) is 0 Å². The van der Waals surface area contributed by atoms with Gasteiger partial charge in [-0.05, 0) is 90.9 Å². The Hall–Kier alpha value is -0.820. The normalized spacial score (nSPS) is 40.6. The summed E-state index contributed by atoms with van der Waals surface area (Å²) < 4.78 is 0. The van der Waals surface area contributed by atoms with E-state index in [0.717, 1.165) is 12.8 Å². The first kappa shape index (κ1) is 25.4. The fraction of sp³-hybridized carbons (Fsp3) is 0.793. The summed E-state index contributed by atoms with van der Waals surface area (Å²) in [5.74, 6) is 1.81. The van der Waals surface area contributed by atoms with Gasteiger partial charge in [-0.2, -0.15) is 0 Å². The number of fused-ring (bicyclic) bond motifs is 1. The molecule has 0 aliphatic heterocycles. The van der Waals surface area contributed by atoms with Gasteiger partial charge in [0.2, 0.25) is 0 Å². The molecule has 1 nitrogen and oxygen atoms in total. The van der Waals surface area contributed by atoms with E-state index >= 15 is 0 Å². The molecule has 2 aliphatic rings. The SMILES string of the molecule is C=CC(C)([OH2+])CCC1C(C(=C)C)CC2(C)CC(C(C=C)(CC)CC)C2(C)C1(C)CC. The number of allylic oxidation sites excluding steroid dienone is 2. The van der Waals surface area contributed by atoms with E-state index in [-0.39, 0.29) is 16.2 Å². The molecule has 0 radical (unpaired) electrons. The van der Waals surface area contributed by atoms with E-state index in [9.17, 15) is 0 Å². The van der Waals surface area contributed by atoms with Gasteiger partial charge in [-0.15, -0.1) is 6.58 Å². The number of rotatable bonds is 10. The second-order valence-electron chi connectivity index (χ2n) is 11.9. The molecule has 2 saturated carbocycles. The van der Waals surface area contributed by atoms with Gasteiger partial charge in [0.25, 0.3) is 0 Å². The van der Waals surface area contributed by atoms with Crippen molar-refractivity contribution in [3.63, 3.8) is 0 Å². The van der Waals surface area contributed by atoms with E-state index < -0.39 is 5.60 Å². The van der Waals surface area contributed by atoms with Gasteiger partial charge in [0.05, 0.1) is 0 Å². The van der Waals surface area contributed by atoms with E-state index in [2.05, 4.69) is 74.3 Å². The zero-order chi connectivity index (χ0) is 23.2. The van der Waals surface area contributed by atoms with Crippen molar-refractivity contribution in [3.05, 3.63) is 37.5 Å². The molecule has 0 aromatic carbocycles. The lowest BCUT2D eigenvalue weighted by molar-refractivity contribution is -0.290. The van der Waals surface area contributed by atoms with Gasteiger partial charge in [0, 0.05) is 13.3 Å². The molecule has 2 rings (SSSR count). The summed E-state index contributed by atoms with van der Waals surface area (Å²) in [4.78, 5) is 0. The summed E-state index contributed by atoms with van der Waals surface area (Å²) >= 11 is 0. The molecular formula is C29H51O+. The Bertz CT molecular complexity index is 668. The predicted molar refractivity (Wildman–Crippen MR) is 134 cm³/mol. The minimum absolute atomic E-state index is 0.225. The fourth-order valence-corrected chi connectivity index (χ4v) is 8.17. The van der Waals surface area contributed by atoms with Gasteiger partial charge in [-0.1, -0.05) is 66.3 Å². The van der Waals surface area contributed by atoms with Crippen molar-refractivity contribution in [2.45, 2.75) is 106 Å². The second-order valence-corrected chi connectivity index (χ2v) is 11.9. The quantitative estimate of drug-likeness (QED) is 0.254. The molecule has 2 fully saturated rings. The highest BCUT2D eigenvalue weighted by molar-refractivity contribution is 5.26. The van der Waals surface area contributed by atoms with Crippen LogP contribution in [-0.2, 0) is 0 Å². The van der Waals surface area contributed by atoms with Crippen molar-refractivity contribution in [2.75, 3.05) is 0 Å². The first-order valence-corrected chi connectivity index (χ1v) is 12.5. The molecule has 0 saturated heterocycles. The van der Waals surface area contributed by atoms with E-state index in [0.29, 0.717) is 23.2 Å². The van der Waals surface area contributed by atoms with Gasteiger partial charge in [0.1, 0.15) is 0 Å². The van der Waals surface area contributed by atoms with Crippen molar-refractivity contribution in [2.24, 2.45) is 39.4 Å². The van der Waals surface area contributed by atoms with Crippen LogP contribution in [0.3, 0.4) is 0 Å². The van der Waals surface area contributed by atoms with Crippen molar-refractivity contribution in [3.8, 4) is 0 Å². The Kier molecular flexibility index (Phi) is 7.01. The first-order chi connectivity index (χ1) is 13.8. The third-order valence-electron chi connectivity index (χ3n) is 11.0. The molecule has 2 aliphatic carbocycles. The Morgan fingerprint density at radius 1 is 1.07 bits per heavy atom. The zero-order valence-corrected chi connectivity index (χ0v) is 21.5. The van der Waals surface area contributed by atoms with Gasteiger partial charge in [0.15, 0.2) is 5.60 Å². The molecule has 0 aromatic rings. The van der Waals surface area contributed by atoms with Crippen molar-refractivity contribution < 1.29 is 5.11 Å².